The molecule has 0 spiro atoms. The molecule has 6 heteroatoms. The van der Waals surface area contributed by atoms with Gasteiger partial charge in [0.05, 0.1) is 10.2 Å². The van der Waals surface area contributed by atoms with Gasteiger partial charge < -0.3 is 4.90 Å². The lowest BCUT2D eigenvalue weighted by Crippen LogP contribution is -2.40. The third-order valence-electron chi connectivity index (χ3n) is 4.72. The van der Waals surface area contributed by atoms with E-state index in [9.17, 15) is 9.59 Å². The highest BCUT2D eigenvalue weighted by molar-refractivity contribution is 9.10. The van der Waals surface area contributed by atoms with Crippen molar-refractivity contribution in [2.45, 2.75) is 32.6 Å². The molecule has 0 saturated carbocycles. The SMILES string of the molecule is CC(C)c1[nH]nc(C(=O)N2CCC(C(=O)c3ccccc3)CC2)c1Br. The summed E-state index contributed by atoms with van der Waals surface area (Å²) in [6, 6.07) is 9.38. The minimum Gasteiger partial charge on any atom is -0.337 e. The highest BCUT2D eigenvalue weighted by atomic mass is 79.9. The van der Waals surface area contributed by atoms with Gasteiger partial charge in [0.25, 0.3) is 5.91 Å². The van der Waals surface area contributed by atoms with Crippen LogP contribution >= 0.6 is 15.9 Å². The van der Waals surface area contributed by atoms with Gasteiger partial charge in [0, 0.05) is 24.6 Å². The first-order chi connectivity index (χ1) is 12.0. The summed E-state index contributed by atoms with van der Waals surface area (Å²) in [6.45, 7) is 5.26. The molecule has 0 aliphatic carbocycles. The summed E-state index contributed by atoms with van der Waals surface area (Å²) >= 11 is 3.49. The number of benzene rings is 1. The van der Waals surface area contributed by atoms with E-state index in [1.54, 1.807) is 4.90 Å². The first-order valence-corrected chi connectivity index (χ1v) is 9.40. The molecule has 0 atom stereocenters. The Balaban J connectivity index is 1.64. The van der Waals surface area contributed by atoms with Crippen molar-refractivity contribution in [3.63, 3.8) is 0 Å². The van der Waals surface area contributed by atoms with Gasteiger partial charge in [0.2, 0.25) is 0 Å². The smallest absolute Gasteiger partial charge is 0.275 e. The normalized spacial score (nSPS) is 15.6. The fraction of sp³-hybridized carbons (Fsp3) is 0.421. The monoisotopic (exact) mass is 403 g/mol. The number of carbonyl (C=O) groups excluding carboxylic acids is 2. The summed E-state index contributed by atoms with van der Waals surface area (Å²) in [7, 11) is 0. The molecule has 3 rings (SSSR count). The molecule has 1 fully saturated rings. The summed E-state index contributed by atoms with van der Waals surface area (Å²) in [6.07, 6.45) is 1.39. The molecule has 25 heavy (non-hydrogen) atoms. The number of ketones is 1. The topological polar surface area (TPSA) is 66.1 Å². The lowest BCUT2D eigenvalue weighted by Gasteiger charge is -2.31. The van der Waals surface area contributed by atoms with Crippen LogP contribution in [0.5, 0.6) is 0 Å². The summed E-state index contributed by atoms with van der Waals surface area (Å²) in [5.41, 5.74) is 2.11. The lowest BCUT2D eigenvalue weighted by atomic mass is 9.89. The van der Waals surface area contributed by atoms with Crippen LogP contribution in [0.25, 0.3) is 0 Å². The average Bonchev–Trinajstić information content (AvgIpc) is 3.03. The van der Waals surface area contributed by atoms with Crippen molar-refractivity contribution < 1.29 is 9.59 Å². The Bertz CT molecular complexity index is 762. The van der Waals surface area contributed by atoms with Crippen LogP contribution in [0.1, 0.15) is 59.1 Å². The van der Waals surface area contributed by atoms with Gasteiger partial charge in [0.15, 0.2) is 11.5 Å². The van der Waals surface area contributed by atoms with E-state index in [0.29, 0.717) is 31.6 Å². The minimum atomic E-state index is -0.0827. The van der Waals surface area contributed by atoms with Crippen LogP contribution in [-0.4, -0.2) is 39.9 Å². The van der Waals surface area contributed by atoms with Crippen LogP contribution in [0, 0.1) is 5.92 Å². The van der Waals surface area contributed by atoms with E-state index in [1.807, 2.05) is 44.2 Å². The van der Waals surface area contributed by atoms with Crippen molar-refractivity contribution in [1.82, 2.24) is 15.1 Å². The number of likely N-dealkylation sites (tertiary alicyclic amines) is 1. The molecule has 0 radical (unpaired) electrons. The van der Waals surface area contributed by atoms with Gasteiger partial charge >= 0.3 is 0 Å². The van der Waals surface area contributed by atoms with Gasteiger partial charge in [-0.15, -0.1) is 0 Å². The van der Waals surface area contributed by atoms with E-state index in [1.165, 1.54) is 0 Å². The summed E-state index contributed by atoms with van der Waals surface area (Å²) in [5, 5.41) is 7.13. The van der Waals surface area contributed by atoms with Gasteiger partial charge in [0.1, 0.15) is 0 Å². The number of carbonyl (C=O) groups is 2. The fourth-order valence-corrected chi connectivity index (χ4v) is 4.00. The standard InChI is InChI=1S/C19H22BrN3O2/c1-12(2)16-15(20)17(22-21-16)19(25)23-10-8-14(9-11-23)18(24)13-6-4-3-5-7-13/h3-7,12,14H,8-11H2,1-2H3,(H,21,22). The molecular formula is C19H22BrN3O2. The van der Waals surface area contributed by atoms with Gasteiger partial charge in [-0.25, -0.2) is 0 Å². The van der Waals surface area contributed by atoms with Crippen LogP contribution in [0.4, 0.5) is 0 Å². The number of piperidine rings is 1. The van der Waals surface area contributed by atoms with Crippen molar-refractivity contribution in [3.05, 3.63) is 51.8 Å². The maximum absolute atomic E-state index is 12.7. The van der Waals surface area contributed by atoms with E-state index in [4.69, 9.17) is 0 Å². The lowest BCUT2D eigenvalue weighted by molar-refractivity contribution is 0.0645. The molecule has 2 heterocycles. The highest BCUT2D eigenvalue weighted by Crippen LogP contribution is 2.28. The second kappa shape index (κ2) is 7.52. The molecule has 0 bridgehead atoms. The summed E-state index contributed by atoms with van der Waals surface area (Å²) in [5.74, 6) is 0.342. The first kappa shape index (κ1) is 17.9. The van der Waals surface area contributed by atoms with Gasteiger partial charge in [-0.3, -0.25) is 14.7 Å². The number of hydrogen-bond acceptors (Lipinski definition) is 3. The Morgan fingerprint density at radius 1 is 1.20 bits per heavy atom. The van der Waals surface area contributed by atoms with Crippen LogP contribution < -0.4 is 0 Å². The van der Waals surface area contributed by atoms with Crippen molar-refractivity contribution in [2.75, 3.05) is 13.1 Å². The van der Waals surface area contributed by atoms with Crippen LogP contribution in [0.2, 0.25) is 0 Å². The maximum atomic E-state index is 12.7. The average molecular weight is 404 g/mol. The number of aromatic amines is 1. The second-order valence-electron chi connectivity index (χ2n) is 6.75. The maximum Gasteiger partial charge on any atom is 0.275 e. The zero-order valence-corrected chi connectivity index (χ0v) is 16.0. The molecule has 1 aromatic heterocycles. The number of nitrogens with zero attached hydrogens (tertiary/aromatic N) is 2. The van der Waals surface area contributed by atoms with Crippen molar-refractivity contribution >= 4 is 27.6 Å². The predicted molar refractivity (Wildman–Crippen MR) is 99.8 cm³/mol. The third kappa shape index (κ3) is 3.68. The van der Waals surface area contributed by atoms with E-state index >= 15 is 0 Å². The number of H-pyrrole nitrogens is 1. The minimum absolute atomic E-state index is 0.0136. The number of nitrogens with one attached hydrogen (secondary N) is 1. The second-order valence-corrected chi connectivity index (χ2v) is 7.54. The summed E-state index contributed by atoms with van der Waals surface area (Å²) in [4.78, 5) is 27.1. The van der Waals surface area contributed by atoms with Crippen LogP contribution in [0.3, 0.4) is 0 Å². The Labute approximate surface area is 155 Å². The number of Topliss-reactive ketones (excluding diaryl/α,β-unsaturated/α-hetero) is 1. The molecule has 0 unspecified atom stereocenters. The Morgan fingerprint density at radius 3 is 2.40 bits per heavy atom. The van der Waals surface area contributed by atoms with Crippen LogP contribution in [0.15, 0.2) is 34.8 Å². The van der Waals surface area contributed by atoms with E-state index in [-0.39, 0.29) is 23.5 Å². The van der Waals surface area contributed by atoms with Gasteiger partial charge in [-0.05, 0) is 34.7 Å². The number of rotatable bonds is 4. The fourth-order valence-electron chi connectivity index (χ4n) is 3.20. The predicted octanol–water partition coefficient (Wildman–Crippen LogP) is 4.03. The molecule has 132 valence electrons. The molecule has 1 aromatic carbocycles. The quantitative estimate of drug-likeness (QED) is 0.783. The zero-order valence-electron chi connectivity index (χ0n) is 14.5. The largest absolute Gasteiger partial charge is 0.337 e. The number of aromatic nitrogens is 2. The van der Waals surface area contributed by atoms with Crippen molar-refractivity contribution in [1.29, 1.82) is 0 Å². The van der Waals surface area contributed by atoms with E-state index in [0.717, 1.165) is 15.7 Å². The van der Waals surface area contributed by atoms with Gasteiger partial charge in [-0.1, -0.05) is 44.2 Å². The van der Waals surface area contributed by atoms with Crippen molar-refractivity contribution in [3.8, 4) is 0 Å². The molecule has 1 amide bonds. The van der Waals surface area contributed by atoms with E-state index in [2.05, 4.69) is 26.1 Å². The first-order valence-electron chi connectivity index (χ1n) is 8.61. The zero-order chi connectivity index (χ0) is 18.0. The van der Waals surface area contributed by atoms with E-state index < -0.39 is 0 Å². The number of amides is 1. The molecule has 1 N–H and O–H groups in total. The molecule has 2 aromatic rings. The highest BCUT2D eigenvalue weighted by Gasteiger charge is 2.30. The van der Waals surface area contributed by atoms with Crippen LogP contribution in [-0.2, 0) is 0 Å². The Kier molecular flexibility index (Phi) is 5.37. The Morgan fingerprint density at radius 2 is 1.84 bits per heavy atom. The molecule has 1 aliphatic rings. The van der Waals surface area contributed by atoms with Gasteiger partial charge in [-0.2, -0.15) is 5.10 Å². The molecular weight excluding hydrogens is 382 g/mol. The number of halogens is 1. The molecule has 5 nitrogen and oxygen atoms in total. The Hall–Kier alpha value is -1.95. The third-order valence-corrected chi connectivity index (χ3v) is 5.53. The van der Waals surface area contributed by atoms with Crippen molar-refractivity contribution in [2.24, 2.45) is 5.92 Å². The molecule has 1 saturated heterocycles. The summed E-state index contributed by atoms with van der Waals surface area (Å²) < 4.78 is 0.745. The molecule has 1 aliphatic heterocycles. The number of hydrogen-bond donors (Lipinski definition) is 1.